The molecule has 0 saturated carbocycles. The molecule has 0 fully saturated rings. The first-order chi connectivity index (χ1) is 7.34. The summed E-state index contributed by atoms with van der Waals surface area (Å²) in [7, 11) is 0. The lowest BCUT2D eigenvalue weighted by molar-refractivity contribution is 0.560. The number of hydrogen-bond donors (Lipinski definition) is 1. The highest BCUT2D eigenvalue weighted by atomic mass is 35.5. The lowest BCUT2D eigenvalue weighted by Crippen LogP contribution is -2.11. The third-order valence-electron chi connectivity index (χ3n) is 2.15. The van der Waals surface area contributed by atoms with Gasteiger partial charge in [-0.2, -0.15) is 0 Å². The molecule has 0 atom stereocenters. The molecule has 0 spiro atoms. The maximum absolute atomic E-state index is 5.79. The van der Waals surface area contributed by atoms with Crippen LogP contribution in [0.5, 0.6) is 0 Å². The van der Waals surface area contributed by atoms with Gasteiger partial charge in [0.1, 0.15) is 0 Å². The van der Waals surface area contributed by atoms with Gasteiger partial charge in [-0.15, -0.1) is 0 Å². The van der Waals surface area contributed by atoms with Gasteiger partial charge in [-0.25, -0.2) is 0 Å². The molecule has 0 saturated heterocycles. The van der Waals surface area contributed by atoms with Crippen LogP contribution >= 0.6 is 11.6 Å². The smallest absolute Gasteiger partial charge is 0.0947 e. The van der Waals surface area contributed by atoms with Crippen molar-refractivity contribution in [3.63, 3.8) is 0 Å². The zero-order valence-corrected chi connectivity index (χ0v) is 9.00. The molecule has 1 heterocycles. The highest BCUT2D eigenvalue weighted by molar-refractivity contribution is 6.30. The molecule has 2 aromatic rings. The average molecular weight is 222 g/mol. The van der Waals surface area contributed by atoms with Crippen LogP contribution in [0.15, 0.2) is 47.3 Å². The molecule has 2 rings (SSSR count). The van der Waals surface area contributed by atoms with E-state index in [4.69, 9.17) is 16.0 Å². The second-order valence-electron chi connectivity index (χ2n) is 3.36. The Bertz CT molecular complexity index is 394. The van der Waals surface area contributed by atoms with Gasteiger partial charge in [0.05, 0.1) is 12.5 Å². The SMILES string of the molecule is Clc1ccc(CNCc2ccoc2)cc1. The Hall–Kier alpha value is -1.25. The largest absolute Gasteiger partial charge is 0.472 e. The zero-order valence-electron chi connectivity index (χ0n) is 8.24. The summed E-state index contributed by atoms with van der Waals surface area (Å²) in [5.41, 5.74) is 2.38. The number of halogens is 1. The first-order valence-electron chi connectivity index (χ1n) is 4.81. The van der Waals surface area contributed by atoms with Crippen LogP contribution in [0, 0.1) is 0 Å². The van der Waals surface area contributed by atoms with Gasteiger partial charge in [-0.05, 0) is 23.8 Å². The first-order valence-corrected chi connectivity index (χ1v) is 5.18. The summed E-state index contributed by atoms with van der Waals surface area (Å²) in [4.78, 5) is 0. The summed E-state index contributed by atoms with van der Waals surface area (Å²) in [5.74, 6) is 0. The summed E-state index contributed by atoms with van der Waals surface area (Å²) >= 11 is 5.79. The molecular formula is C12H12ClNO. The monoisotopic (exact) mass is 221 g/mol. The van der Waals surface area contributed by atoms with Crippen LogP contribution in [0.3, 0.4) is 0 Å². The van der Waals surface area contributed by atoms with Crippen LogP contribution in [0.2, 0.25) is 5.02 Å². The quantitative estimate of drug-likeness (QED) is 0.858. The van der Waals surface area contributed by atoms with Crippen LogP contribution in [0.1, 0.15) is 11.1 Å². The van der Waals surface area contributed by atoms with E-state index >= 15 is 0 Å². The second kappa shape index (κ2) is 5.01. The molecule has 0 radical (unpaired) electrons. The van der Waals surface area contributed by atoms with Gasteiger partial charge in [0.25, 0.3) is 0 Å². The predicted octanol–water partition coefficient (Wildman–Crippen LogP) is 3.22. The molecule has 78 valence electrons. The van der Waals surface area contributed by atoms with Crippen molar-refractivity contribution in [2.75, 3.05) is 0 Å². The van der Waals surface area contributed by atoms with Crippen molar-refractivity contribution in [1.29, 1.82) is 0 Å². The molecule has 0 aliphatic heterocycles. The van der Waals surface area contributed by atoms with Crippen LogP contribution in [-0.2, 0) is 13.1 Å². The van der Waals surface area contributed by atoms with E-state index in [1.54, 1.807) is 12.5 Å². The fraction of sp³-hybridized carbons (Fsp3) is 0.167. The normalized spacial score (nSPS) is 10.5. The fourth-order valence-corrected chi connectivity index (χ4v) is 1.47. The predicted molar refractivity (Wildman–Crippen MR) is 60.7 cm³/mol. The van der Waals surface area contributed by atoms with Crippen LogP contribution < -0.4 is 5.32 Å². The summed E-state index contributed by atoms with van der Waals surface area (Å²) in [6, 6.07) is 9.79. The van der Waals surface area contributed by atoms with Gasteiger partial charge in [0.15, 0.2) is 0 Å². The molecule has 2 nitrogen and oxygen atoms in total. The number of hydrogen-bond acceptors (Lipinski definition) is 2. The van der Waals surface area contributed by atoms with Crippen molar-refractivity contribution < 1.29 is 4.42 Å². The Morgan fingerprint density at radius 2 is 1.73 bits per heavy atom. The molecule has 1 N–H and O–H groups in total. The van der Waals surface area contributed by atoms with Gasteiger partial charge < -0.3 is 9.73 Å². The molecule has 1 aromatic heterocycles. The number of nitrogens with one attached hydrogen (secondary N) is 1. The Kier molecular flexibility index (Phi) is 3.43. The molecule has 15 heavy (non-hydrogen) atoms. The van der Waals surface area contributed by atoms with Crippen molar-refractivity contribution in [3.8, 4) is 0 Å². The minimum atomic E-state index is 0.772. The molecule has 1 aromatic carbocycles. The van der Waals surface area contributed by atoms with Crippen molar-refractivity contribution in [1.82, 2.24) is 5.32 Å². The first kappa shape index (κ1) is 10.3. The number of rotatable bonds is 4. The fourth-order valence-electron chi connectivity index (χ4n) is 1.35. The highest BCUT2D eigenvalue weighted by Crippen LogP contribution is 2.09. The third kappa shape index (κ3) is 3.11. The second-order valence-corrected chi connectivity index (χ2v) is 3.80. The molecule has 0 amide bonds. The molecule has 0 aliphatic rings. The van der Waals surface area contributed by atoms with E-state index in [2.05, 4.69) is 5.32 Å². The Morgan fingerprint density at radius 1 is 1.00 bits per heavy atom. The zero-order chi connectivity index (χ0) is 10.5. The minimum absolute atomic E-state index is 0.772. The highest BCUT2D eigenvalue weighted by Gasteiger charge is 1.95. The number of furan rings is 1. The molecule has 3 heteroatoms. The maximum Gasteiger partial charge on any atom is 0.0947 e. The van der Waals surface area contributed by atoms with Crippen LogP contribution in [0.4, 0.5) is 0 Å². The summed E-state index contributed by atoms with van der Waals surface area (Å²) in [5, 5.41) is 4.09. The Morgan fingerprint density at radius 3 is 2.40 bits per heavy atom. The van der Waals surface area contributed by atoms with Crippen LogP contribution in [0.25, 0.3) is 0 Å². The Balaban J connectivity index is 1.81. The van der Waals surface area contributed by atoms with E-state index in [0.29, 0.717) is 0 Å². The number of benzene rings is 1. The summed E-state index contributed by atoms with van der Waals surface area (Å²) in [6.45, 7) is 1.65. The van der Waals surface area contributed by atoms with Crippen molar-refractivity contribution in [3.05, 3.63) is 59.0 Å². The lowest BCUT2D eigenvalue weighted by atomic mass is 10.2. The van der Waals surface area contributed by atoms with Gasteiger partial charge in [-0.1, -0.05) is 23.7 Å². The minimum Gasteiger partial charge on any atom is -0.472 e. The molecule has 0 unspecified atom stereocenters. The third-order valence-corrected chi connectivity index (χ3v) is 2.40. The van der Waals surface area contributed by atoms with Crippen molar-refractivity contribution in [2.24, 2.45) is 0 Å². The van der Waals surface area contributed by atoms with Crippen molar-refractivity contribution >= 4 is 11.6 Å². The topological polar surface area (TPSA) is 25.2 Å². The molecule has 0 bridgehead atoms. The Labute approximate surface area is 93.9 Å². The summed E-state index contributed by atoms with van der Waals surface area (Å²) in [6.07, 6.45) is 3.42. The van der Waals surface area contributed by atoms with E-state index in [1.165, 1.54) is 5.56 Å². The van der Waals surface area contributed by atoms with E-state index in [0.717, 1.165) is 23.7 Å². The maximum atomic E-state index is 5.79. The standard InChI is InChI=1S/C12H12ClNO/c13-12-3-1-10(2-4-12)7-14-8-11-5-6-15-9-11/h1-6,9,14H,7-8H2. The van der Waals surface area contributed by atoms with Crippen LogP contribution in [-0.4, -0.2) is 0 Å². The lowest BCUT2D eigenvalue weighted by Gasteiger charge is -2.03. The van der Waals surface area contributed by atoms with Gasteiger partial charge in [0.2, 0.25) is 0 Å². The molecular weight excluding hydrogens is 210 g/mol. The van der Waals surface area contributed by atoms with Gasteiger partial charge in [0, 0.05) is 23.7 Å². The molecule has 0 aliphatic carbocycles. The van der Waals surface area contributed by atoms with Gasteiger partial charge >= 0.3 is 0 Å². The summed E-state index contributed by atoms with van der Waals surface area (Å²) < 4.78 is 4.98. The van der Waals surface area contributed by atoms with Crippen molar-refractivity contribution in [2.45, 2.75) is 13.1 Å². The van der Waals surface area contributed by atoms with E-state index in [-0.39, 0.29) is 0 Å². The average Bonchev–Trinajstić information content (AvgIpc) is 2.74. The van der Waals surface area contributed by atoms with E-state index < -0.39 is 0 Å². The van der Waals surface area contributed by atoms with E-state index in [9.17, 15) is 0 Å². The van der Waals surface area contributed by atoms with Gasteiger partial charge in [-0.3, -0.25) is 0 Å². The van der Waals surface area contributed by atoms with E-state index in [1.807, 2.05) is 30.3 Å².